The fraction of sp³-hybridized carbons (Fsp3) is 0.833. The van der Waals surface area contributed by atoms with Crippen molar-refractivity contribution >= 4 is 21.8 Å². The Labute approximate surface area is 142 Å². The molecule has 0 radical (unpaired) electrons. The summed E-state index contributed by atoms with van der Waals surface area (Å²) in [5, 5.41) is 16.7. The van der Waals surface area contributed by atoms with E-state index in [0.717, 1.165) is 0 Å². The average Bonchev–Trinajstić information content (AvgIpc) is 2.87. The van der Waals surface area contributed by atoms with Crippen molar-refractivity contribution in [2.24, 2.45) is 5.73 Å². The number of urea groups is 1. The van der Waals surface area contributed by atoms with Crippen LogP contribution in [0.4, 0.5) is 18.0 Å². The Morgan fingerprint density at radius 3 is 2.08 bits per heavy atom. The van der Waals surface area contributed by atoms with Crippen molar-refractivity contribution in [3.8, 4) is 0 Å². The predicted molar refractivity (Wildman–Crippen MR) is 79.5 cm³/mol. The van der Waals surface area contributed by atoms with Gasteiger partial charge in [0, 0.05) is 32.2 Å². The van der Waals surface area contributed by atoms with Crippen LogP contribution >= 0.6 is 0 Å². The topological polar surface area (TPSA) is 141 Å². The second-order valence-electron chi connectivity index (χ2n) is 5.66. The van der Waals surface area contributed by atoms with Gasteiger partial charge >= 0.3 is 18.2 Å². The summed E-state index contributed by atoms with van der Waals surface area (Å²) in [7, 11) is -2.99. The number of alkyl halides is 3. The highest BCUT2D eigenvalue weighted by atomic mass is 32.2. The Balaban J connectivity index is 0.000000381. The summed E-state index contributed by atoms with van der Waals surface area (Å²) in [6.07, 6.45) is -5.12. The molecule has 0 aromatic heterocycles. The van der Waals surface area contributed by atoms with E-state index >= 15 is 0 Å². The molecule has 0 aromatic carbocycles. The van der Waals surface area contributed by atoms with Crippen LogP contribution in [-0.4, -0.2) is 96.4 Å². The molecule has 9 nitrogen and oxygen atoms in total. The normalized spacial score (nSPS) is 26.0. The Hall–Kier alpha value is -1.60. The molecule has 2 aliphatic heterocycles. The van der Waals surface area contributed by atoms with Crippen LogP contribution in [0.15, 0.2) is 0 Å². The van der Waals surface area contributed by atoms with E-state index in [1.54, 1.807) is 4.90 Å². The number of sulfone groups is 1. The third-order valence-electron chi connectivity index (χ3n) is 3.77. The second-order valence-corrected chi connectivity index (χ2v) is 7.96. The summed E-state index contributed by atoms with van der Waals surface area (Å²) in [5.41, 5.74) is 5.58. The molecule has 4 N–H and O–H groups in total. The number of carboxylic acid groups (broad SMARTS) is 1. The molecule has 0 spiro atoms. The lowest BCUT2D eigenvalue weighted by molar-refractivity contribution is -0.192. The molecule has 0 aliphatic carbocycles. The molecule has 2 saturated heterocycles. The molecule has 146 valence electrons. The number of hydrogen-bond acceptors (Lipinski definition) is 6. The van der Waals surface area contributed by atoms with Gasteiger partial charge in [0.05, 0.1) is 17.6 Å². The zero-order valence-electron chi connectivity index (χ0n) is 13.1. The average molecular weight is 391 g/mol. The lowest BCUT2D eigenvalue weighted by atomic mass is 10.2. The number of aliphatic hydroxyl groups excluding tert-OH is 1. The van der Waals surface area contributed by atoms with Crippen molar-refractivity contribution < 1.29 is 41.4 Å². The number of carbonyl (C=O) groups is 2. The van der Waals surface area contributed by atoms with Crippen LogP contribution in [0.5, 0.6) is 0 Å². The van der Waals surface area contributed by atoms with E-state index < -0.39 is 28.1 Å². The number of aliphatic carboxylic acids is 1. The van der Waals surface area contributed by atoms with Crippen LogP contribution in [0.1, 0.15) is 6.42 Å². The van der Waals surface area contributed by atoms with Gasteiger partial charge in [-0.25, -0.2) is 18.0 Å². The predicted octanol–water partition coefficient (Wildman–Crippen LogP) is -1.14. The van der Waals surface area contributed by atoms with E-state index in [4.69, 9.17) is 15.6 Å². The lowest BCUT2D eigenvalue weighted by Gasteiger charge is -2.33. The fourth-order valence-electron chi connectivity index (χ4n) is 2.44. The molecule has 2 rings (SSSR count). The second kappa shape index (κ2) is 8.19. The van der Waals surface area contributed by atoms with Crippen molar-refractivity contribution in [2.75, 3.05) is 37.7 Å². The van der Waals surface area contributed by atoms with Crippen LogP contribution in [-0.2, 0) is 14.6 Å². The summed E-state index contributed by atoms with van der Waals surface area (Å²) < 4.78 is 54.3. The Morgan fingerprint density at radius 1 is 1.20 bits per heavy atom. The van der Waals surface area contributed by atoms with Crippen molar-refractivity contribution in [2.45, 2.75) is 24.7 Å². The highest BCUT2D eigenvalue weighted by Crippen LogP contribution is 2.19. The molecular formula is C12H20F3N3O6S. The van der Waals surface area contributed by atoms with Crippen LogP contribution in [0.3, 0.4) is 0 Å². The number of aliphatic hydroxyl groups is 1. The molecule has 2 amide bonds. The van der Waals surface area contributed by atoms with Crippen LogP contribution in [0.2, 0.25) is 0 Å². The maximum absolute atomic E-state index is 12.2. The van der Waals surface area contributed by atoms with Gasteiger partial charge in [0.15, 0.2) is 9.84 Å². The van der Waals surface area contributed by atoms with Crippen molar-refractivity contribution in [3.63, 3.8) is 0 Å². The number of amides is 2. The molecule has 0 saturated carbocycles. The first-order valence-electron chi connectivity index (χ1n) is 7.31. The quantitative estimate of drug-likeness (QED) is 0.513. The molecule has 2 fully saturated rings. The van der Waals surface area contributed by atoms with E-state index in [2.05, 4.69) is 0 Å². The third-order valence-corrected chi connectivity index (χ3v) is 5.38. The number of nitrogens with zero attached hydrogens (tertiary/aromatic N) is 2. The monoisotopic (exact) mass is 391 g/mol. The molecule has 0 bridgehead atoms. The smallest absolute Gasteiger partial charge is 0.475 e. The summed E-state index contributed by atoms with van der Waals surface area (Å²) in [5.74, 6) is -2.72. The van der Waals surface area contributed by atoms with Crippen molar-refractivity contribution in [3.05, 3.63) is 0 Å². The lowest BCUT2D eigenvalue weighted by Crippen LogP contribution is -2.52. The summed E-state index contributed by atoms with van der Waals surface area (Å²) in [6, 6.07) is -0.358. The minimum Gasteiger partial charge on any atom is -0.475 e. The van der Waals surface area contributed by atoms with E-state index in [9.17, 15) is 31.5 Å². The molecule has 25 heavy (non-hydrogen) atoms. The van der Waals surface area contributed by atoms with Gasteiger partial charge in [-0.3, -0.25) is 0 Å². The zero-order chi connectivity index (χ0) is 19.4. The largest absolute Gasteiger partial charge is 0.490 e. The van der Waals surface area contributed by atoms with Crippen molar-refractivity contribution in [1.82, 2.24) is 9.80 Å². The molecule has 13 heteroatoms. The maximum atomic E-state index is 12.2. The van der Waals surface area contributed by atoms with Crippen LogP contribution < -0.4 is 5.73 Å². The van der Waals surface area contributed by atoms with E-state index in [1.807, 2.05) is 0 Å². The van der Waals surface area contributed by atoms with Gasteiger partial charge in [-0.2, -0.15) is 13.2 Å². The molecular weight excluding hydrogens is 371 g/mol. The fourth-order valence-corrected chi connectivity index (χ4v) is 3.64. The summed E-state index contributed by atoms with van der Waals surface area (Å²) in [6.45, 7) is 1.05. The number of likely N-dealkylation sites (tertiary alicyclic amines) is 1. The van der Waals surface area contributed by atoms with Gasteiger partial charge in [-0.15, -0.1) is 0 Å². The van der Waals surface area contributed by atoms with Crippen LogP contribution in [0, 0.1) is 0 Å². The number of halogens is 3. The first-order chi connectivity index (χ1) is 11.4. The van der Waals surface area contributed by atoms with Gasteiger partial charge in [0.25, 0.3) is 0 Å². The highest BCUT2D eigenvalue weighted by molar-refractivity contribution is 7.91. The number of rotatable bonds is 1. The Morgan fingerprint density at radius 2 is 1.68 bits per heavy atom. The number of nitrogens with two attached hydrogens (primary N) is 1. The molecule has 2 heterocycles. The minimum atomic E-state index is -5.08. The number of carboxylic acids is 1. The summed E-state index contributed by atoms with van der Waals surface area (Å²) >= 11 is 0. The number of carbonyl (C=O) groups excluding carboxylic acids is 1. The molecule has 0 unspecified atom stereocenters. The summed E-state index contributed by atoms with van der Waals surface area (Å²) in [4.78, 5) is 24.2. The minimum absolute atomic E-state index is 0.0163. The SMILES string of the molecule is NC[C@H]1C[C@@H](O)CN1C(=O)N1CCS(=O)(=O)CC1.O=C(O)C(F)(F)F. The number of β-amino-alcohol motifs (C(OH)–C–C–N with tert-alkyl or cyclic N) is 1. The van der Waals surface area contributed by atoms with Crippen LogP contribution in [0.25, 0.3) is 0 Å². The van der Waals surface area contributed by atoms with E-state index in [1.165, 1.54) is 4.90 Å². The Bertz CT molecular complexity index is 583. The van der Waals surface area contributed by atoms with Gasteiger partial charge in [-0.05, 0) is 6.42 Å². The van der Waals surface area contributed by atoms with Gasteiger partial charge < -0.3 is 25.7 Å². The zero-order valence-corrected chi connectivity index (χ0v) is 14.0. The third kappa shape index (κ3) is 6.32. The standard InChI is InChI=1S/C10H19N3O4S.C2HF3O2/c11-6-8-5-9(14)7-13(8)10(15)12-1-3-18(16,17)4-2-12;3-2(4,5)1(6)7/h8-9,14H,1-7,11H2;(H,6,7)/t8-,9-;/m1./s1. The first kappa shape index (κ1) is 21.4. The first-order valence-corrected chi connectivity index (χ1v) is 9.13. The highest BCUT2D eigenvalue weighted by Gasteiger charge is 2.38. The maximum Gasteiger partial charge on any atom is 0.490 e. The van der Waals surface area contributed by atoms with Gasteiger partial charge in [-0.1, -0.05) is 0 Å². The van der Waals surface area contributed by atoms with Gasteiger partial charge in [0.1, 0.15) is 0 Å². The van der Waals surface area contributed by atoms with Gasteiger partial charge in [0.2, 0.25) is 0 Å². The van der Waals surface area contributed by atoms with E-state index in [-0.39, 0.29) is 43.2 Å². The molecule has 2 atom stereocenters. The van der Waals surface area contributed by atoms with Crippen molar-refractivity contribution in [1.29, 1.82) is 0 Å². The molecule has 2 aliphatic rings. The Kier molecular flexibility index (Phi) is 7.02. The molecule has 0 aromatic rings. The van der Waals surface area contributed by atoms with E-state index in [0.29, 0.717) is 13.0 Å². The number of hydrogen-bond donors (Lipinski definition) is 3.